The molecule has 6 nitrogen and oxygen atoms in total. The molecule has 0 atom stereocenters. The zero-order valence-electron chi connectivity index (χ0n) is 18.1. The first-order valence-electron chi connectivity index (χ1n) is 10.1. The molecular formula is C25H24N2O4S. The third-order valence-electron chi connectivity index (χ3n) is 5.45. The van der Waals surface area contributed by atoms with E-state index < -0.39 is 10.0 Å². The van der Waals surface area contributed by atoms with Crippen LogP contribution in [0.15, 0.2) is 82.5 Å². The second-order valence-electron chi connectivity index (χ2n) is 7.69. The van der Waals surface area contributed by atoms with Crippen LogP contribution in [0.1, 0.15) is 16.7 Å². The quantitative estimate of drug-likeness (QED) is 0.469. The fourth-order valence-electron chi connectivity index (χ4n) is 3.60. The summed E-state index contributed by atoms with van der Waals surface area (Å²) in [5, 5.41) is 0.849. The van der Waals surface area contributed by atoms with Crippen LogP contribution in [-0.2, 0) is 16.6 Å². The van der Waals surface area contributed by atoms with Gasteiger partial charge in [0.05, 0.1) is 29.8 Å². The van der Waals surface area contributed by atoms with Gasteiger partial charge in [-0.1, -0.05) is 35.9 Å². The van der Waals surface area contributed by atoms with Crippen LogP contribution < -0.4 is 14.6 Å². The normalized spacial score (nSPS) is 11.5. The van der Waals surface area contributed by atoms with Crippen molar-refractivity contribution in [2.45, 2.75) is 25.3 Å². The SMILES string of the molecule is COc1ccc(N(Cc2cc3cccc(C)c3[nH]c2=O)S(=O)(=O)c2ccc(C)cc2)cc1. The number of aromatic amines is 1. The van der Waals surface area contributed by atoms with Gasteiger partial charge in [-0.25, -0.2) is 8.42 Å². The van der Waals surface area contributed by atoms with Gasteiger partial charge >= 0.3 is 0 Å². The third kappa shape index (κ3) is 4.11. The van der Waals surface area contributed by atoms with Crippen molar-refractivity contribution >= 4 is 26.6 Å². The predicted molar refractivity (Wildman–Crippen MR) is 127 cm³/mol. The van der Waals surface area contributed by atoms with E-state index in [0.717, 1.165) is 22.0 Å². The number of ether oxygens (including phenoxy) is 1. The van der Waals surface area contributed by atoms with Crippen LogP contribution in [0.2, 0.25) is 0 Å². The Morgan fingerprint density at radius 2 is 1.62 bits per heavy atom. The molecule has 1 N–H and O–H groups in total. The number of hydrogen-bond donors (Lipinski definition) is 1. The van der Waals surface area contributed by atoms with Gasteiger partial charge in [0.15, 0.2) is 0 Å². The minimum Gasteiger partial charge on any atom is -0.497 e. The monoisotopic (exact) mass is 448 g/mol. The largest absolute Gasteiger partial charge is 0.497 e. The van der Waals surface area contributed by atoms with Crippen LogP contribution in [0.4, 0.5) is 5.69 Å². The van der Waals surface area contributed by atoms with Crippen LogP contribution in [-0.4, -0.2) is 20.5 Å². The lowest BCUT2D eigenvalue weighted by atomic mass is 10.1. The lowest BCUT2D eigenvalue weighted by molar-refractivity contribution is 0.415. The lowest BCUT2D eigenvalue weighted by Crippen LogP contribution is -2.33. The summed E-state index contributed by atoms with van der Waals surface area (Å²) in [6.07, 6.45) is 0. The van der Waals surface area contributed by atoms with E-state index in [9.17, 15) is 13.2 Å². The maximum atomic E-state index is 13.6. The number of benzene rings is 3. The molecule has 0 spiro atoms. The Morgan fingerprint density at radius 1 is 0.938 bits per heavy atom. The van der Waals surface area contributed by atoms with E-state index in [1.54, 1.807) is 61.7 Å². The number of pyridine rings is 1. The average molecular weight is 449 g/mol. The number of rotatable bonds is 6. The molecule has 0 fully saturated rings. The van der Waals surface area contributed by atoms with Crippen LogP contribution in [0.25, 0.3) is 10.9 Å². The van der Waals surface area contributed by atoms with Gasteiger partial charge in [-0.05, 0) is 67.3 Å². The smallest absolute Gasteiger partial charge is 0.264 e. The molecule has 0 saturated carbocycles. The number of sulfonamides is 1. The fourth-order valence-corrected chi connectivity index (χ4v) is 5.04. The van der Waals surface area contributed by atoms with E-state index in [4.69, 9.17) is 4.74 Å². The molecular weight excluding hydrogens is 424 g/mol. The number of methoxy groups -OCH3 is 1. The number of hydrogen-bond acceptors (Lipinski definition) is 4. The Morgan fingerprint density at radius 3 is 2.28 bits per heavy atom. The van der Waals surface area contributed by atoms with Gasteiger partial charge in [0.1, 0.15) is 5.75 Å². The molecule has 0 saturated heterocycles. The molecule has 0 aliphatic carbocycles. The number of nitrogens with one attached hydrogen (secondary N) is 1. The van der Waals surface area contributed by atoms with Crippen molar-refractivity contribution < 1.29 is 13.2 Å². The molecule has 0 aliphatic rings. The topological polar surface area (TPSA) is 79.5 Å². The van der Waals surface area contributed by atoms with Gasteiger partial charge in [-0.3, -0.25) is 9.10 Å². The molecule has 4 aromatic rings. The Hall–Kier alpha value is -3.58. The molecule has 32 heavy (non-hydrogen) atoms. The minimum absolute atomic E-state index is 0.109. The molecule has 0 aliphatic heterocycles. The maximum absolute atomic E-state index is 13.6. The highest BCUT2D eigenvalue weighted by atomic mass is 32.2. The molecule has 164 valence electrons. The third-order valence-corrected chi connectivity index (χ3v) is 7.24. The van der Waals surface area contributed by atoms with Gasteiger partial charge in [-0.2, -0.15) is 0 Å². The van der Waals surface area contributed by atoms with Gasteiger partial charge in [0.2, 0.25) is 0 Å². The van der Waals surface area contributed by atoms with Gasteiger partial charge in [0.25, 0.3) is 15.6 Å². The van der Waals surface area contributed by atoms with Crippen molar-refractivity contribution in [2.24, 2.45) is 0 Å². The van der Waals surface area contributed by atoms with Gasteiger partial charge in [-0.15, -0.1) is 0 Å². The number of aryl methyl sites for hydroxylation is 2. The molecule has 0 bridgehead atoms. The molecule has 1 aromatic heterocycles. The molecule has 7 heteroatoms. The van der Waals surface area contributed by atoms with Crippen molar-refractivity contribution in [1.82, 2.24) is 4.98 Å². The Kier molecular flexibility index (Phi) is 5.76. The number of anilines is 1. The second kappa shape index (κ2) is 8.51. The number of aromatic nitrogens is 1. The summed E-state index contributed by atoms with van der Waals surface area (Å²) in [6.45, 7) is 3.71. The van der Waals surface area contributed by atoms with Crippen molar-refractivity contribution in [3.63, 3.8) is 0 Å². The van der Waals surface area contributed by atoms with Gasteiger partial charge in [0, 0.05) is 5.56 Å². The summed E-state index contributed by atoms with van der Waals surface area (Å²) in [4.78, 5) is 15.9. The molecule has 0 radical (unpaired) electrons. The van der Waals surface area contributed by atoms with Crippen LogP contribution in [0.5, 0.6) is 5.75 Å². The Balaban J connectivity index is 1.84. The summed E-state index contributed by atoms with van der Waals surface area (Å²) in [6, 6.07) is 20.9. The second-order valence-corrected chi connectivity index (χ2v) is 9.55. The van der Waals surface area contributed by atoms with Crippen LogP contribution in [0.3, 0.4) is 0 Å². The standard InChI is InChI=1S/C25H24N2O4S/c1-17-7-13-23(14-8-17)32(29,30)27(21-9-11-22(31-3)12-10-21)16-20-15-19-6-4-5-18(2)24(19)26-25(20)28/h4-15H,16H2,1-3H3,(H,26,28). The van der Waals surface area contributed by atoms with Crippen LogP contribution >= 0.6 is 0 Å². The average Bonchev–Trinajstić information content (AvgIpc) is 2.78. The van der Waals surface area contributed by atoms with Crippen molar-refractivity contribution in [1.29, 1.82) is 0 Å². The Labute approximate surface area is 187 Å². The van der Waals surface area contributed by atoms with Crippen molar-refractivity contribution in [3.05, 3.63) is 99.8 Å². The first kappa shape index (κ1) is 21.6. The number of fused-ring (bicyclic) bond motifs is 1. The first-order valence-corrected chi connectivity index (χ1v) is 11.6. The summed E-state index contributed by atoms with van der Waals surface area (Å²) in [7, 11) is -2.38. The highest BCUT2D eigenvalue weighted by molar-refractivity contribution is 7.92. The summed E-state index contributed by atoms with van der Waals surface area (Å²) >= 11 is 0. The van der Waals surface area contributed by atoms with E-state index in [-0.39, 0.29) is 17.0 Å². The lowest BCUT2D eigenvalue weighted by Gasteiger charge is -2.25. The number of nitrogens with zero attached hydrogens (tertiary/aromatic N) is 1. The Bertz CT molecular complexity index is 1420. The molecule has 4 rings (SSSR count). The van der Waals surface area contributed by atoms with E-state index in [2.05, 4.69) is 4.98 Å². The number of para-hydroxylation sites is 1. The first-order chi connectivity index (χ1) is 15.3. The predicted octanol–water partition coefficient (Wildman–Crippen LogP) is 4.55. The van der Waals surface area contributed by atoms with Gasteiger partial charge < -0.3 is 9.72 Å². The fraction of sp³-hybridized carbons (Fsp3) is 0.160. The number of H-pyrrole nitrogens is 1. The molecule has 3 aromatic carbocycles. The summed E-state index contributed by atoms with van der Waals surface area (Å²) in [5.41, 5.74) is 3.14. The van der Waals surface area contributed by atoms with Crippen LogP contribution in [0, 0.1) is 13.8 Å². The van der Waals surface area contributed by atoms with E-state index in [1.165, 1.54) is 4.31 Å². The molecule has 0 amide bonds. The zero-order chi connectivity index (χ0) is 22.9. The van der Waals surface area contributed by atoms with Crippen molar-refractivity contribution in [2.75, 3.05) is 11.4 Å². The zero-order valence-corrected chi connectivity index (χ0v) is 18.9. The summed E-state index contributed by atoms with van der Waals surface area (Å²) in [5.74, 6) is 0.612. The van der Waals surface area contributed by atoms with Crippen molar-refractivity contribution in [3.8, 4) is 5.75 Å². The minimum atomic E-state index is -3.93. The maximum Gasteiger partial charge on any atom is 0.264 e. The van der Waals surface area contributed by atoms with E-state index >= 15 is 0 Å². The highest BCUT2D eigenvalue weighted by Gasteiger charge is 2.26. The summed E-state index contributed by atoms with van der Waals surface area (Å²) < 4.78 is 33.7. The molecule has 1 heterocycles. The van der Waals surface area contributed by atoms with E-state index in [1.807, 2.05) is 32.0 Å². The highest BCUT2D eigenvalue weighted by Crippen LogP contribution is 2.28. The van der Waals surface area contributed by atoms with E-state index in [0.29, 0.717) is 17.0 Å². The molecule has 0 unspecified atom stereocenters.